The van der Waals surface area contributed by atoms with Crippen LogP contribution in [0.1, 0.15) is 11.1 Å². The molecule has 0 heterocycles. The zero-order chi connectivity index (χ0) is 14.4. The van der Waals surface area contributed by atoms with Gasteiger partial charge in [0, 0.05) is 20.2 Å². The number of hydrogen-bond acceptors (Lipinski definition) is 1. The lowest BCUT2D eigenvalue weighted by atomic mass is 10.2. The molecular formula is C15H14I2N2O. The molecule has 2 aromatic rings. The van der Waals surface area contributed by atoms with Gasteiger partial charge in [0.1, 0.15) is 0 Å². The minimum atomic E-state index is -0.151. The molecule has 2 amide bonds. The van der Waals surface area contributed by atoms with Crippen LogP contribution in [0.25, 0.3) is 0 Å². The van der Waals surface area contributed by atoms with E-state index in [1.165, 1.54) is 7.14 Å². The molecule has 0 spiro atoms. The van der Waals surface area contributed by atoms with E-state index >= 15 is 0 Å². The van der Waals surface area contributed by atoms with E-state index in [-0.39, 0.29) is 6.03 Å². The maximum absolute atomic E-state index is 11.7. The van der Waals surface area contributed by atoms with Gasteiger partial charge in [-0.1, -0.05) is 24.3 Å². The molecule has 104 valence electrons. The molecule has 0 aliphatic rings. The fourth-order valence-electron chi connectivity index (χ4n) is 1.63. The maximum Gasteiger partial charge on any atom is 0.315 e. The summed E-state index contributed by atoms with van der Waals surface area (Å²) in [6, 6.07) is 16.0. The lowest BCUT2D eigenvalue weighted by Gasteiger charge is -2.08. The zero-order valence-corrected chi connectivity index (χ0v) is 15.0. The van der Waals surface area contributed by atoms with Gasteiger partial charge in [-0.05, 0) is 80.6 Å². The average Bonchev–Trinajstić information content (AvgIpc) is 2.46. The van der Waals surface area contributed by atoms with E-state index in [0.29, 0.717) is 13.1 Å². The van der Waals surface area contributed by atoms with Crippen molar-refractivity contribution < 1.29 is 4.79 Å². The van der Waals surface area contributed by atoms with Crippen molar-refractivity contribution in [1.82, 2.24) is 10.6 Å². The van der Waals surface area contributed by atoms with Crippen molar-refractivity contribution in [2.45, 2.75) is 13.1 Å². The second-order valence-corrected chi connectivity index (χ2v) is 6.78. The van der Waals surface area contributed by atoms with Crippen LogP contribution in [0.15, 0.2) is 48.5 Å². The molecule has 0 bridgehead atoms. The van der Waals surface area contributed by atoms with E-state index in [9.17, 15) is 4.79 Å². The van der Waals surface area contributed by atoms with Gasteiger partial charge >= 0.3 is 6.03 Å². The predicted octanol–water partition coefficient (Wildman–Crippen LogP) is 3.90. The number of nitrogens with one attached hydrogen (secondary N) is 2. The van der Waals surface area contributed by atoms with Gasteiger partial charge in [-0.2, -0.15) is 0 Å². The first-order valence-corrected chi connectivity index (χ1v) is 8.30. The van der Waals surface area contributed by atoms with Gasteiger partial charge < -0.3 is 10.6 Å². The quantitative estimate of drug-likeness (QED) is 0.626. The Morgan fingerprint density at radius 1 is 0.750 bits per heavy atom. The Morgan fingerprint density at radius 3 is 1.45 bits per heavy atom. The molecule has 2 N–H and O–H groups in total. The summed E-state index contributed by atoms with van der Waals surface area (Å²) in [5.74, 6) is 0. The highest BCUT2D eigenvalue weighted by Gasteiger charge is 2.01. The zero-order valence-electron chi connectivity index (χ0n) is 10.7. The molecule has 0 aliphatic heterocycles. The largest absolute Gasteiger partial charge is 0.334 e. The van der Waals surface area contributed by atoms with Crippen LogP contribution in [-0.4, -0.2) is 6.03 Å². The van der Waals surface area contributed by atoms with Gasteiger partial charge in [-0.3, -0.25) is 0 Å². The number of carbonyl (C=O) groups excluding carboxylic acids is 1. The van der Waals surface area contributed by atoms with E-state index in [4.69, 9.17) is 0 Å². The van der Waals surface area contributed by atoms with Crippen molar-refractivity contribution in [3.63, 3.8) is 0 Å². The van der Waals surface area contributed by atoms with Crippen molar-refractivity contribution in [2.24, 2.45) is 0 Å². The molecule has 0 saturated heterocycles. The van der Waals surface area contributed by atoms with Crippen LogP contribution in [0.2, 0.25) is 0 Å². The molecule has 3 nitrogen and oxygen atoms in total. The molecule has 0 unspecified atom stereocenters. The van der Waals surface area contributed by atoms with E-state index in [1.807, 2.05) is 48.5 Å². The summed E-state index contributed by atoms with van der Waals surface area (Å²) in [5.41, 5.74) is 2.18. The van der Waals surface area contributed by atoms with Gasteiger partial charge in [0.2, 0.25) is 0 Å². The number of urea groups is 1. The molecule has 0 radical (unpaired) electrons. The molecule has 0 aliphatic carbocycles. The van der Waals surface area contributed by atoms with Crippen LogP contribution in [0.4, 0.5) is 4.79 Å². The normalized spacial score (nSPS) is 10.1. The SMILES string of the molecule is O=C(NCc1ccc(I)cc1)NCc1ccc(I)cc1. The monoisotopic (exact) mass is 492 g/mol. The van der Waals surface area contributed by atoms with E-state index in [2.05, 4.69) is 55.8 Å². The van der Waals surface area contributed by atoms with Gasteiger partial charge in [0.25, 0.3) is 0 Å². The standard InChI is InChI=1S/C15H14I2N2O/c16-13-5-1-11(2-6-13)9-18-15(20)19-10-12-3-7-14(17)8-4-12/h1-8H,9-10H2,(H2,18,19,20). The Morgan fingerprint density at radius 2 is 1.10 bits per heavy atom. The second kappa shape index (κ2) is 7.82. The number of rotatable bonds is 4. The summed E-state index contributed by atoms with van der Waals surface area (Å²) >= 11 is 4.52. The van der Waals surface area contributed by atoms with Gasteiger partial charge in [-0.15, -0.1) is 0 Å². The molecule has 0 aromatic heterocycles. The topological polar surface area (TPSA) is 41.1 Å². The number of halogens is 2. The third kappa shape index (κ3) is 5.28. The van der Waals surface area contributed by atoms with Crippen molar-refractivity contribution in [2.75, 3.05) is 0 Å². The Bertz CT molecular complexity index is 516. The van der Waals surface area contributed by atoms with E-state index < -0.39 is 0 Å². The summed E-state index contributed by atoms with van der Waals surface area (Å²) in [6.45, 7) is 1.07. The fourth-order valence-corrected chi connectivity index (χ4v) is 2.35. The highest BCUT2D eigenvalue weighted by atomic mass is 127. The molecule has 0 atom stereocenters. The van der Waals surface area contributed by atoms with Crippen LogP contribution >= 0.6 is 45.2 Å². The van der Waals surface area contributed by atoms with Gasteiger partial charge in [0.05, 0.1) is 0 Å². The Labute approximate surface area is 145 Å². The molecule has 20 heavy (non-hydrogen) atoms. The van der Waals surface area contributed by atoms with Crippen LogP contribution in [0.3, 0.4) is 0 Å². The first-order chi connectivity index (χ1) is 9.63. The van der Waals surface area contributed by atoms with Crippen LogP contribution in [0, 0.1) is 7.14 Å². The first-order valence-electron chi connectivity index (χ1n) is 6.14. The Hall–Kier alpha value is -0.830. The Kier molecular flexibility index (Phi) is 6.08. The molecule has 2 aromatic carbocycles. The number of amides is 2. The summed E-state index contributed by atoms with van der Waals surface area (Å²) in [6.07, 6.45) is 0. The molecule has 5 heteroatoms. The summed E-state index contributed by atoms with van der Waals surface area (Å²) in [7, 11) is 0. The smallest absolute Gasteiger partial charge is 0.315 e. The minimum absolute atomic E-state index is 0.151. The van der Waals surface area contributed by atoms with Crippen molar-refractivity contribution in [3.05, 3.63) is 66.8 Å². The predicted molar refractivity (Wildman–Crippen MR) is 97.4 cm³/mol. The van der Waals surface area contributed by atoms with Crippen LogP contribution < -0.4 is 10.6 Å². The van der Waals surface area contributed by atoms with Gasteiger partial charge in [-0.25, -0.2) is 4.79 Å². The lowest BCUT2D eigenvalue weighted by molar-refractivity contribution is 0.240. The van der Waals surface area contributed by atoms with Crippen molar-refractivity contribution in [1.29, 1.82) is 0 Å². The number of benzene rings is 2. The third-order valence-corrected chi connectivity index (χ3v) is 4.17. The minimum Gasteiger partial charge on any atom is -0.334 e. The van der Waals surface area contributed by atoms with Crippen molar-refractivity contribution in [3.8, 4) is 0 Å². The summed E-state index contributed by atoms with van der Waals surface area (Å²) in [5, 5.41) is 5.69. The second-order valence-electron chi connectivity index (χ2n) is 4.29. The summed E-state index contributed by atoms with van der Waals surface area (Å²) in [4.78, 5) is 11.7. The van der Waals surface area contributed by atoms with E-state index in [1.54, 1.807) is 0 Å². The number of hydrogen-bond donors (Lipinski definition) is 2. The van der Waals surface area contributed by atoms with Crippen LogP contribution in [-0.2, 0) is 13.1 Å². The lowest BCUT2D eigenvalue weighted by Crippen LogP contribution is -2.34. The highest BCUT2D eigenvalue weighted by Crippen LogP contribution is 2.07. The molecular weight excluding hydrogens is 478 g/mol. The highest BCUT2D eigenvalue weighted by molar-refractivity contribution is 14.1. The van der Waals surface area contributed by atoms with Gasteiger partial charge in [0.15, 0.2) is 0 Å². The number of carbonyl (C=O) groups is 1. The molecule has 0 fully saturated rings. The third-order valence-electron chi connectivity index (χ3n) is 2.73. The molecule has 2 rings (SSSR count). The fraction of sp³-hybridized carbons (Fsp3) is 0.133. The maximum atomic E-state index is 11.7. The summed E-state index contributed by atoms with van der Waals surface area (Å²) < 4.78 is 2.38. The van der Waals surface area contributed by atoms with Crippen molar-refractivity contribution >= 4 is 51.2 Å². The van der Waals surface area contributed by atoms with Crippen LogP contribution in [0.5, 0.6) is 0 Å². The molecule has 0 saturated carbocycles. The average molecular weight is 492 g/mol. The van der Waals surface area contributed by atoms with E-state index in [0.717, 1.165) is 11.1 Å². The first kappa shape index (κ1) is 15.6. The Balaban J connectivity index is 1.75.